The smallest absolute Gasteiger partial charge is 0.160 e. The third-order valence-electron chi connectivity index (χ3n) is 14.2. The molecule has 11 aromatic rings. The molecule has 0 saturated heterocycles. The standard InChI is InChI=1S/C62H42N2S/c1-61(2)50-22-10-12-24-52(50)62(53-25-13-11-23-51(53)61)54-26-14-15-27-58(54)65-59-37-42(33-35-55(59)62)39-28-30-41(31-29-39)57-38-56(40-16-4-3-5-17-40)63-60(64-57)43-32-34-48-46-20-7-6-18-44(46)45-19-8-9-21-47(45)49(48)36-43/h3-38H,1-2H3. The van der Waals surface area contributed by atoms with E-state index in [1.807, 2.05) is 11.8 Å². The molecule has 1 spiro atoms. The Morgan fingerprint density at radius 2 is 0.754 bits per heavy atom. The zero-order valence-corrected chi connectivity index (χ0v) is 36.9. The van der Waals surface area contributed by atoms with Crippen LogP contribution in [0.4, 0.5) is 0 Å². The van der Waals surface area contributed by atoms with E-state index in [4.69, 9.17) is 9.97 Å². The van der Waals surface area contributed by atoms with Crippen LogP contribution in [0, 0.1) is 0 Å². The molecule has 0 atom stereocenters. The number of nitrogens with zero attached hydrogens (tertiary/aromatic N) is 2. The Morgan fingerprint density at radius 3 is 1.38 bits per heavy atom. The third-order valence-corrected chi connectivity index (χ3v) is 15.4. The Kier molecular flexibility index (Phi) is 8.44. The van der Waals surface area contributed by atoms with E-state index in [0.29, 0.717) is 5.82 Å². The van der Waals surface area contributed by atoms with Crippen molar-refractivity contribution in [3.05, 3.63) is 252 Å². The molecule has 13 rings (SSSR count). The molecule has 0 unspecified atom stereocenters. The third kappa shape index (κ3) is 5.68. The van der Waals surface area contributed by atoms with Gasteiger partial charge in [0, 0.05) is 31.9 Å². The maximum Gasteiger partial charge on any atom is 0.160 e. The summed E-state index contributed by atoms with van der Waals surface area (Å²) < 4.78 is 0. The van der Waals surface area contributed by atoms with Crippen LogP contribution in [0.1, 0.15) is 47.2 Å². The highest BCUT2D eigenvalue weighted by Crippen LogP contribution is 2.61. The number of benzene rings is 10. The highest BCUT2D eigenvalue weighted by molar-refractivity contribution is 7.99. The molecule has 0 N–H and O–H groups in total. The minimum atomic E-state index is -0.435. The number of hydrogen-bond donors (Lipinski definition) is 0. The van der Waals surface area contributed by atoms with Crippen molar-refractivity contribution in [2.75, 3.05) is 0 Å². The van der Waals surface area contributed by atoms with E-state index in [1.165, 1.54) is 86.6 Å². The van der Waals surface area contributed by atoms with Gasteiger partial charge in [-0.05, 0) is 101 Å². The summed E-state index contributed by atoms with van der Waals surface area (Å²) in [6.45, 7) is 4.76. The van der Waals surface area contributed by atoms with Crippen LogP contribution in [0.25, 0.3) is 77.3 Å². The van der Waals surface area contributed by atoms with Crippen molar-refractivity contribution in [3.8, 4) is 45.0 Å². The van der Waals surface area contributed by atoms with Gasteiger partial charge in [0.05, 0.1) is 16.8 Å². The van der Waals surface area contributed by atoms with Gasteiger partial charge >= 0.3 is 0 Å². The zero-order valence-electron chi connectivity index (χ0n) is 36.1. The first-order valence-corrected chi connectivity index (χ1v) is 23.3. The van der Waals surface area contributed by atoms with Crippen molar-refractivity contribution >= 4 is 44.1 Å². The minimum Gasteiger partial charge on any atom is -0.228 e. The second kappa shape index (κ2) is 14.5. The lowest BCUT2D eigenvalue weighted by Crippen LogP contribution is -2.43. The first-order chi connectivity index (χ1) is 32.0. The van der Waals surface area contributed by atoms with Crippen LogP contribution in [0.15, 0.2) is 228 Å². The van der Waals surface area contributed by atoms with Crippen molar-refractivity contribution in [2.45, 2.75) is 34.5 Å². The summed E-state index contributed by atoms with van der Waals surface area (Å²) in [7, 11) is 0. The molecule has 2 aliphatic rings. The van der Waals surface area contributed by atoms with E-state index in [2.05, 4.69) is 232 Å². The molecule has 10 aromatic carbocycles. The van der Waals surface area contributed by atoms with Crippen molar-refractivity contribution in [1.82, 2.24) is 9.97 Å². The highest BCUT2D eigenvalue weighted by Gasteiger charge is 2.52. The van der Waals surface area contributed by atoms with Crippen molar-refractivity contribution < 1.29 is 0 Å². The molecule has 0 saturated carbocycles. The Hall–Kier alpha value is -7.59. The largest absolute Gasteiger partial charge is 0.228 e. The van der Waals surface area contributed by atoms with Gasteiger partial charge in [-0.2, -0.15) is 0 Å². The first kappa shape index (κ1) is 37.9. The molecule has 0 radical (unpaired) electrons. The number of hydrogen-bond acceptors (Lipinski definition) is 3. The lowest BCUT2D eigenvalue weighted by atomic mass is 9.54. The molecule has 2 nitrogen and oxygen atoms in total. The van der Waals surface area contributed by atoms with Gasteiger partial charge < -0.3 is 0 Å². The Balaban J connectivity index is 0.927. The SMILES string of the molecule is CC1(C)c2ccccc2C2(c3ccccc3Sc3cc(-c4ccc(-c5cc(-c6ccccc6)nc(-c6ccc7c8ccccc8c8ccccc8c7c6)n5)cc4)ccc32)c2ccccc21. The van der Waals surface area contributed by atoms with Crippen LogP contribution in [-0.4, -0.2) is 9.97 Å². The molecule has 2 heterocycles. The summed E-state index contributed by atoms with van der Waals surface area (Å²) >= 11 is 1.89. The fourth-order valence-electron chi connectivity index (χ4n) is 11.2. The fraction of sp³-hybridized carbons (Fsp3) is 0.0645. The van der Waals surface area contributed by atoms with Gasteiger partial charge in [-0.3, -0.25) is 0 Å². The summed E-state index contributed by atoms with van der Waals surface area (Å²) in [4.78, 5) is 13.1. The molecular formula is C62H42N2S. The van der Waals surface area contributed by atoms with Crippen molar-refractivity contribution in [2.24, 2.45) is 0 Å². The predicted octanol–water partition coefficient (Wildman–Crippen LogP) is 16.1. The Bertz CT molecular complexity index is 3630. The molecule has 3 heteroatoms. The number of aromatic nitrogens is 2. The van der Waals surface area contributed by atoms with Crippen LogP contribution in [0.2, 0.25) is 0 Å². The van der Waals surface area contributed by atoms with Crippen LogP contribution in [0.3, 0.4) is 0 Å². The first-order valence-electron chi connectivity index (χ1n) is 22.5. The zero-order chi connectivity index (χ0) is 43.3. The lowest BCUT2D eigenvalue weighted by molar-refractivity contribution is 0.549. The van der Waals surface area contributed by atoms with E-state index in [-0.39, 0.29) is 5.41 Å². The lowest BCUT2D eigenvalue weighted by Gasteiger charge is -2.50. The van der Waals surface area contributed by atoms with E-state index >= 15 is 0 Å². The van der Waals surface area contributed by atoms with Crippen molar-refractivity contribution in [3.63, 3.8) is 0 Å². The normalized spacial score (nSPS) is 14.2. The van der Waals surface area contributed by atoms with E-state index in [1.54, 1.807) is 0 Å². The summed E-state index contributed by atoms with van der Waals surface area (Å²) in [5.41, 5.74) is 14.9. The Morgan fingerprint density at radius 1 is 0.308 bits per heavy atom. The molecule has 1 aliphatic heterocycles. The van der Waals surface area contributed by atoms with E-state index < -0.39 is 5.41 Å². The maximum atomic E-state index is 5.31. The number of fused-ring (bicyclic) bond motifs is 14. The highest BCUT2D eigenvalue weighted by atomic mass is 32.2. The monoisotopic (exact) mass is 846 g/mol. The predicted molar refractivity (Wildman–Crippen MR) is 271 cm³/mol. The van der Waals surface area contributed by atoms with Gasteiger partial charge in [-0.25, -0.2) is 9.97 Å². The van der Waals surface area contributed by atoms with Crippen LogP contribution in [0.5, 0.6) is 0 Å². The van der Waals surface area contributed by atoms with Crippen LogP contribution >= 0.6 is 11.8 Å². The summed E-state index contributed by atoms with van der Waals surface area (Å²) in [5.74, 6) is 0.708. The van der Waals surface area contributed by atoms with Crippen LogP contribution in [-0.2, 0) is 10.8 Å². The second-order valence-electron chi connectivity index (χ2n) is 18.0. The van der Waals surface area contributed by atoms with Gasteiger partial charge in [0.1, 0.15) is 0 Å². The van der Waals surface area contributed by atoms with Gasteiger partial charge in [0.2, 0.25) is 0 Å². The molecule has 0 bridgehead atoms. The van der Waals surface area contributed by atoms with Crippen LogP contribution < -0.4 is 0 Å². The number of rotatable bonds is 4. The van der Waals surface area contributed by atoms with Gasteiger partial charge in [0.15, 0.2) is 5.82 Å². The summed E-state index contributed by atoms with van der Waals surface area (Å²) in [5, 5.41) is 7.44. The average Bonchev–Trinajstić information content (AvgIpc) is 3.37. The average molecular weight is 847 g/mol. The van der Waals surface area contributed by atoms with Gasteiger partial charge in [-0.1, -0.05) is 220 Å². The minimum absolute atomic E-state index is 0.133. The molecule has 0 fully saturated rings. The van der Waals surface area contributed by atoms with Gasteiger partial charge in [-0.15, -0.1) is 0 Å². The topological polar surface area (TPSA) is 25.8 Å². The van der Waals surface area contributed by atoms with Crippen molar-refractivity contribution in [1.29, 1.82) is 0 Å². The molecule has 306 valence electrons. The fourth-order valence-corrected chi connectivity index (χ4v) is 12.4. The Labute approximate surface area is 383 Å². The summed E-state index contributed by atoms with van der Waals surface area (Å²) in [6, 6.07) is 80.2. The molecule has 1 aliphatic carbocycles. The van der Waals surface area contributed by atoms with Gasteiger partial charge in [0.25, 0.3) is 0 Å². The maximum absolute atomic E-state index is 5.31. The van der Waals surface area contributed by atoms with E-state index in [9.17, 15) is 0 Å². The van der Waals surface area contributed by atoms with E-state index in [0.717, 1.165) is 28.1 Å². The molecular weight excluding hydrogens is 805 g/mol. The molecule has 65 heavy (non-hydrogen) atoms. The second-order valence-corrected chi connectivity index (χ2v) is 19.1. The summed E-state index contributed by atoms with van der Waals surface area (Å²) in [6.07, 6.45) is 0. The quantitative estimate of drug-likeness (QED) is 0.165. The molecule has 1 aromatic heterocycles. The molecule has 0 amide bonds.